The highest BCUT2D eigenvalue weighted by atomic mass is 32.1. The molecule has 0 spiro atoms. The molecule has 4 unspecified atom stereocenters. The summed E-state index contributed by atoms with van der Waals surface area (Å²) >= 11 is 4.66. The summed E-state index contributed by atoms with van der Waals surface area (Å²) in [7, 11) is 8.78. The molecule has 1 saturated carbocycles. The van der Waals surface area contributed by atoms with Crippen molar-refractivity contribution >= 4 is 20.5 Å². The predicted octanol–water partition coefficient (Wildman–Crippen LogP) is 3.12. The summed E-state index contributed by atoms with van der Waals surface area (Å²) in [4.78, 5) is 2.45. The minimum atomic E-state index is -0.0366. The molecule has 4 atom stereocenters. The summed E-state index contributed by atoms with van der Waals surface area (Å²) in [6.07, 6.45) is 4.85. The van der Waals surface area contributed by atoms with Gasteiger partial charge in [0.25, 0.3) is 0 Å². The number of thiol groups is 1. The third-order valence-corrected chi connectivity index (χ3v) is 5.92. The molecule has 2 radical (unpaired) electrons. The summed E-state index contributed by atoms with van der Waals surface area (Å²) in [5, 5.41) is 0.400. The Morgan fingerprint density at radius 3 is 2.56 bits per heavy atom. The standard InChI is InChI=1S/C13H24BNS/c1-12(2)6-5-10-9(8-13(12,3)14)7-11(16)15(10)4/h9-11,16H,5-8H2,1-4H3. The molecule has 0 aromatic rings. The van der Waals surface area contributed by atoms with Crippen LogP contribution in [0.4, 0.5) is 0 Å². The van der Waals surface area contributed by atoms with Gasteiger partial charge in [-0.15, -0.1) is 0 Å². The number of hydrogen-bond donors (Lipinski definition) is 1. The van der Waals surface area contributed by atoms with Crippen LogP contribution in [0.3, 0.4) is 0 Å². The van der Waals surface area contributed by atoms with Crippen LogP contribution in [0.25, 0.3) is 0 Å². The van der Waals surface area contributed by atoms with E-state index in [2.05, 4.69) is 45.3 Å². The molecule has 2 rings (SSSR count). The normalized spacial score (nSPS) is 48.7. The molecule has 2 aliphatic rings. The van der Waals surface area contributed by atoms with E-state index >= 15 is 0 Å². The van der Waals surface area contributed by atoms with Crippen LogP contribution in [0, 0.1) is 11.3 Å². The van der Waals surface area contributed by atoms with E-state index in [1.165, 1.54) is 19.3 Å². The van der Waals surface area contributed by atoms with Crippen LogP contribution in [-0.2, 0) is 0 Å². The maximum atomic E-state index is 6.56. The lowest BCUT2D eigenvalue weighted by Crippen LogP contribution is -2.31. The Balaban J connectivity index is 2.21. The second-order valence-corrected chi connectivity index (χ2v) is 7.35. The van der Waals surface area contributed by atoms with Crippen molar-refractivity contribution in [2.45, 2.75) is 63.2 Å². The molecular weight excluding hydrogens is 213 g/mol. The van der Waals surface area contributed by atoms with Crippen molar-refractivity contribution < 1.29 is 0 Å². The Bertz CT molecular complexity index is 277. The van der Waals surface area contributed by atoms with Crippen LogP contribution in [0.1, 0.15) is 46.5 Å². The van der Waals surface area contributed by atoms with Crippen molar-refractivity contribution in [1.82, 2.24) is 4.90 Å². The molecule has 0 aromatic heterocycles. The second-order valence-electron chi connectivity index (χ2n) is 6.75. The zero-order valence-electron chi connectivity index (χ0n) is 11.0. The summed E-state index contributed by atoms with van der Waals surface area (Å²) in [5.41, 5.74) is 0.254. The summed E-state index contributed by atoms with van der Waals surface area (Å²) in [5.74, 6) is 0.740. The van der Waals surface area contributed by atoms with E-state index in [-0.39, 0.29) is 10.7 Å². The van der Waals surface area contributed by atoms with Crippen molar-refractivity contribution in [2.75, 3.05) is 7.05 Å². The molecule has 1 nitrogen and oxygen atoms in total. The van der Waals surface area contributed by atoms with Gasteiger partial charge < -0.3 is 0 Å². The summed E-state index contributed by atoms with van der Waals surface area (Å²) in [6, 6.07) is 0.701. The zero-order valence-corrected chi connectivity index (χ0v) is 11.9. The third-order valence-electron chi connectivity index (χ3n) is 5.35. The molecule has 90 valence electrons. The van der Waals surface area contributed by atoms with Crippen LogP contribution < -0.4 is 0 Å². The van der Waals surface area contributed by atoms with E-state index in [0.29, 0.717) is 11.4 Å². The van der Waals surface area contributed by atoms with E-state index in [1.807, 2.05) is 0 Å². The van der Waals surface area contributed by atoms with Crippen LogP contribution >= 0.6 is 12.6 Å². The van der Waals surface area contributed by atoms with E-state index in [0.717, 1.165) is 12.3 Å². The SMILES string of the molecule is [B]C1(C)CC2CC(S)N(C)C2CCC1(C)C. The molecular formula is C13H24BNS. The van der Waals surface area contributed by atoms with Gasteiger partial charge in [-0.25, -0.2) is 0 Å². The highest BCUT2D eigenvalue weighted by molar-refractivity contribution is 7.80. The molecule has 1 heterocycles. The highest BCUT2D eigenvalue weighted by Crippen LogP contribution is 2.56. The average molecular weight is 237 g/mol. The van der Waals surface area contributed by atoms with Gasteiger partial charge in [0.05, 0.1) is 13.2 Å². The van der Waals surface area contributed by atoms with Crippen LogP contribution in [0.2, 0.25) is 5.31 Å². The Kier molecular flexibility index (Phi) is 3.16. The first-order valence-electron chi connectivity index (χ1n) is 6.43. The molecule has 1 aliphatic heterocycles. The Morgan fingerprint density at radius 2 is 1.94 bits per heavy atom. The van der Waals surface area contributed by atoms with E-state index in [1.54, 1.807) is 0 Å². The second kappa shape index (κ2) is 3.95. The van der Waals surface area contributed by atoms with Gasteiger partial charge >= 0.3 is 0 Å². The van der Waals surface area contributed by atoms with Crippen LogP contribution in [0.15, 0.2) is 0 Å². The average Bonchev–Trinajstić information content (AvgIpc) is 2.34. The first-order chi connectivity index (χ1) is 7.24. The Morgan fingerprint density at radius 1 is 1.31 bits per heavy atom. The molecule has 16 heavy (non-hydrogen) atoms. The van der Waals surface area contributed by atoms with Crippen molar-refractivity contribution in [3.05, 3.63) is 0 Å². The maximum absolute atomic E-state index is 6.56. The lowest BCUT2D eigenvalue weighted by atomic mass is 9.52. The largest absolute Gasteiger partial charge is 0.291 e. The van der Waals surface area contributed by atoms with Crippen molar-refractivity contribution in [3.63, 3.8) is 0 Å². The molecule has 0 amide bonds. The van der Waals surface area contributed by atoms with Crippen molar-refractivity contribution in [3.8, 4) is 0 Å². The van der Waals surface area contributed by atoms with E-state index in [9.17, 15) is 0 Å². The zero-order chi connectivity index (χ0) is 12.1. The van der Waals surface area contributed by atoms with Gasteiger partial charge in [-0.1, -0.05) is 32.5 Å². The quantitative estimate of drug-likeness (QED) is 0.500. The molecule has 2 fully saturated rings. The number of nitrogens with zero attached hydrogens (tertiary/aromatic N) is 1. The fourth-order valence-electron chi connectivity index (χ4n) is 3.42. The molecule has 0 N–H and O–H groups in total. The van der Waals surface area contributed by atoms with Gasteiger partial charge in [0.2, 0.25) is 0 Å². The smallest absolute Gasteiger partial charge is 0.0749 e. The van der Waals surface area contributed by atoms with Gasteiger partial charge in [0.15, 0.2) is 0 Å². The number of fused-ring (bicyclic) bond motifs is 1. The predicted molar refractivity (Wildman–Crippen MR) is 74.2 cm³/mol. The number of hydrogen-bond acceptors (Lipinski definition) is 2. The molecule has 0 aromatic carbocycles. The lowest BCUT2D eigenvalue weighted by Gasteiger charge is -2.42. The van der Waals surface area contributed by atoms with Crippen molar-refractivity contribution in [2.24, 2.45) is 11.3 Å². The summed E-state index contributed by atoms with van der Waals surface area (Å²) < 4.78 is 0. The first-order valence-corrected chi connectivity index (χ1v) is 6.95. The summed E-state index contributed by atoms with van der Waals surface area (Å²) in [6.45, 7) is 6.89. The van der Waals surface area contributed by atoms with Gasteiger partial charge in [-0.05, 0) is 37.6 Å². The van der Waals surface area contributed by atoms with Gasteiger partial charge in [0, 0.05) is 6.04 Å². The maximum Gasteiger partial charge on any atom is 0.0749 e. The number of rotatable bonds is 0. The Labute approximate surface area is 107 Å². The fourth-order valence-corrected chi connectivity index (χ4v) is 3.86. The van der Waals surface area contributed by atoms with E-state index in [4.69, 9.17) is 7.85 Å². The minimum absolute atomic E-state index is 0.0366. The van der Waals surface area contributed by atoms with Crippen molar-refractivity contribution in [1.29, 1.82) is 0 Å². The topological polar surface area (TPSA) is 3.24 Å². The third kappa shape index (κ3) is 1.94. The fraction of sp³-hybridized carbons (Fsp3) is 1.00. The molecule has 1 aliphatic carbocycles. The van der Waals surface area contributed by atoms with E-state index < -0.39 is 0 Å². The molecule has 3 heteroatoms. The van der Waals surface area contributed by atoms with Gasteiger partial charge in [-0.3, -0.25) is 4.90 Å². The Hall–Kier alpha value is 0.375. The van der Waals surface area contributed by atoms with Crippen LogP contribution in [-0.4, -0.2) is 31.2 Å². The molecule has 0 bridgehead atoms. The lowest BCUT2D eigenvalue weighted by molar-refractivity contribution is 0.217. The monoisotopic (exact) mass is 237 g/mol. The molecule has 1 saturated heterocycles. The van der Waals surface area contributed by atoms with Gasteiger partial charge in [-0.2, -0.15) is 12.6 Å². The highest BCUT2D eigenvalue weighted by Gasteiger charge is 2.47. The van der Waals surface area contributed by atoms with Gasteiger partial charge in [0.1, 0.15) is 0 Å². The minimum Gasteiger partial charge on any atom is -0.291 e. The van der Waals surface area contributed by atoms with Crippen LogP contribution in [0.5, 0.6) is 0 Å². The number of likely N-dealkylation sites (tertiary alicyclic amines) is 1. The first kappa shape index (κ1) is 12.8.